The maximum absolute atomic E-state index is 13.8. The van der Waals surface area contributed by atoms with Crippen molar-refractivity contribution in [3.63, 3.8) is 0 Å². The van der Waals surface area contributed by atoms with E-state index >= 15 is 0 Å². The van der Waals surface area contributed by atoms with Gasteiger partial charge in [-0.1, -0.05) is 42.5 Å². The van der Waals surface area contributed by atoms with E-state index < -0.39 is 12.2 Å². The predicted octanol–water partition coefficient (Wildman–Crippen LogP) is 5.48. The van der Waals surface area contributed by atoms with E-state index in [1.54, 1.807) is 19.9 Å². The summed E-state index contributed by atoms with van der Waals surface area (Å²) in [6.07, 6.45) is -1.41. The van der Waals surface area contributed by atoms with E-state index in [-0.39, 0.29) is 5.82 Å². The number of amides is 1. The van der Waals surface area contributed by atoms with Gasteiger partial charge in [0.2, 0.25) is 0 Å². The topological polar surface area (TPSA) is 73.6 Å². The summed E-state index contributed by atoms with van der Waals surface area (Å²) in [5.41, 5.74) is 9.18. The summed E-state index contributed by atoms with van der Waals surface area (Å²) in [7, 11) is 0. The second kappa shape index (κ2) is 9.78. The van der Waals surface area contributed by atoms with Crippen molar-refractivity contribution in [1.82, 2.24) is 0 Å². The minimum Gasteiger partial charge on any atom is -0.488 e. The first-order valence-corrected chi connectivity index (χ1v) is 9.68. The van der Waals surface area contributed by atoms with E-state index in [0.717, 1.165) is 16.8 Å². The van der Waals surface area contributed by atoms with Crippen LogP contribution >= 0.6 is 0 Å². The van der Waals surface area contributed by atoms with Gasteiger partial charge in [0.05, 0.1) is 0 Å². The molecule has 0 bridgehead atoms. The van der Waals surface area contributed by atoms with E-state index in [1.807, 2.05) is 54.6 Å². The van der Waals surface area contributed by atoms with Gasteiger partial charge in [-0.15, -0.1) is 0 Å². The van der Waals surface area contributed by atoms with Gasteiger partial charge in [0.1, 0.15) is 24.3 Å². The fourth-order valence-electron chi connectivity index (χ4n) is 3.12. The highest BCUT2D eigenvalue weighted by Crippen LogP contribution is 2.31. The lowest BCUT2D eigenvalue weighted by Gasteiger charge is -2.19. The number of ether oxygens (including phenoxy) is 2. The first kappa shape index (κ1) is 21.2. The Morgan fingerprint density at radius 3 is 2.60 bits per heavy atom. The number of rotatable bonds is 8. The maximum atomic E-state index is 13.8. The molecule has 1 unspecified atom stereocenters. The largest absolute Gasteiger partial charge is 0.488 e. The molecule has 3 N–H and O–H groups in total. The Morgan fingerprint density at radius 1 is 1.10 bits per heavy atom. The second-order valence-corrected chi connectivity index (χ2v) is 6.98. The van der Waals surface area contributed by atoms with Crippen molar-refractivity contribution in [1.29, 1.82) is 0 Å². The van der Waals surface area contributed by atoms with E-state index in [2.05, 4.69) is 5.32 Å². The van der Waals surface area contributed by atoms with Gasteiger partial charge in [0.25, 0.3) is 0 Å². The number of primary amides is 1. The van der Waals surface area contributed by atoms with Crippen molar-refractivity contribution in [2.75, 3.05) is 5.32 Å². The zero-order valence-electron chi connectivity index (χ0n) is 17.0. The van der Waals surface area contributed by atoms with Crippen LogP contribution in [0.1, 0.15) is 35.3 Å². The smallest absolute Gasteiger partial charge is 0.405 e. The SMILES string of the molecule is Cc1c(F)cccc1CNc1ccc(C(C)OC(N)=O)c(OCc2ccccc2)c1. The highest BCUT2D eigenvalue weighted by Gasteiger charge is 2.16. The molecule has 3 aromatic carbocycles. The Morgan fingerprint density at radius 2 is 1.87 bits per heavy atom. The molecule has 0 spiro atoms. The molecule has 0 fully saturated rings. The fraction of sp³-hybridized carbons (Fsp3) is 0.208. The number of halogens is 1. The third kappa shape index (κ3) is 5.50. The van der Waals surface area contributed by atoms with Crippen LogP contribution in [-0.2, 0) is 17.9 Å². The quantitative estimate of drug-likeness (QED) is 0.517. The van der Waals surface area contributed by atoms with Crippen LogP contribution < -0.4 is 15.8 Å². The molecule has 1 amide bonds. The van der Waals surface area contributed by atoms with Crippen LogP contribution in [0.25, 0.3) is 0 Å². The molecule has 0 saturated heterocycles. The summed E-state index contributed by atoms with van der Waals surface area (Å²) >= 11 is 0. The molecule has 0 aromatic heterocycles. The molecule has 6 heteroatoms. The summed E-state index contributed by atoms with van der Waals surface area (Å²) in [5.74, 6) is 0.350. The van der Waals surface area contributed by atoms with Gasteiger partial charge in [-0.25, -0.2) is 9.18 Å². The minimum atomic E-state index is -0.847. The number of nitrogens with two attached hydrogens (primary N) is 1. The maximum Gasteiger partial charge on any atom is 0.405 e. The van der Waals surface area contributed by atoms with Gasteiger partial charge < -0.3 is 20.5 Å². The lowest BCUT2D eigenvalue weighted by Crippen LogP contribution is -2.16. The van der Waals surface area contributed by atoms with E-state index in [0.29, 0.717) is 30.0 Å². The average Bonchev–Trinajstić information content (AvgIpc) is 2.73. The van der Waals surface area contributed by atoms with Gasteiger partial charge in [-0.05, 0) is 48.7 Å². The zero-order chi connectivity index (χ0) is 21.5. The molecule has 0 aliphatic carbocycles. The van der Waals surface area contributed by atoms with Gasteiger partial charge >= 0.3 is 6.09 Å². The molecule has 0 saturated carbocycles. The van der Waals surface area contributed by atoms with Gasteiger partial charge in [-0.2, -0.15) is 0 Å². The number of nitrogens with one attached hydrogen (secondary N) is 1. The monoisotopic (exact) mass is 408 g/mol. The fourth-order valence-corrected chi connectivity index (χ4v) is 3.12. The molecule has 0 aliphatic heterocycles. The highest BCUT2D eigenvalue weighted by molar-refractivity contribution is 5.65. The number of benzene rings is 3. The lowest BCUT2D eigenvalue weighted by atomic mass is 10.1. The van der Waals surface area contributed by atoms with Crippen molar-refractivity contribution in [3.05, 3.63) is 94.8 Å². The molecule has 3 aromatic rings. The number of carbonyl (C=O) groups excluding carboxylic acids is 1. The summed E-state index contributed by atoms with van der Waals surface area (Å²) in [6.45, 7) is 4.32. The van der Waals surface area contributed by atoms with Crippen LogP contribution in [-0.4, -0.2) is 6.09 Å². The Labute approximate surface area is 175 Å². The predicted molar refractivity (Wildman–Crippen MR) is 115 cm³/mol. The van der Waals surface area contributed by atoms with E-state index in [4.69, 9.17) is 15.2 Å². The van der Waals surface area contributed by atoms with Crippen molar-refractivity contribution >= 4 is 11.8 Å². The molecule has 0 radical (unpaired) electrons. The molecular weight excluding hydrogens is 383 g/mol. The molecule has 1 atom stereocenters. The van der Waals surface area contributed by atoms with Crippen LogP contribution in [0.15, 0.2) is 66.7 Å². The molecule has 30 heavy (non-hydrogen) atoms. The Balaban J connectivity index is 1.80. The van der Waals surface area contributed by atoms with Gasteiger partial charge in [0, 0.05) is 23.9 Å². The molecule has 3 rings (SSSR count). The first-order chi connectivity index (χ1) is 14.4. The molecule has 156 valence electrons. The number of anilines is 1. The average molecular weight is 408 g/mol. The third-order valence-corrected chi connectivity index (χ3v) is 4.84. The molecule has 0 aliphatic rings. The van der Waals surface area contributed by atoms with Crippen molar-refractivity contribution < 1.29 is 18.7 Å². The zero-order valence-corrected chi connectivity index (χ0v) is 17.0. The van der Waals surface area contributed by atoms with Crippen LogP contribution in [0.3, 0.4) is 0 Å². The second-order valence-electron chi connectivity index (χ2n) is 6.98. The number of hydrogen-bond acceptors (Lipinski definition) is 4. The molecule has 0 heterocycles. The normalized spacial score (nSPS) is 11.6. The van der Waals surface area contributed by atoms with E-state index in [1.165, 1.54) is 6.07 Å². The highest BCUT2D eigenvalue weighted by atomic mass is 19.1. The van der Waals surface area contributed by atoms with Crippen molar-refractivity contribution in [2.24, 2.45) is 5.73 Å². The van der Waals surface area contributed by atoms with Gasteiger partial charge in [-0.3, -0.25) is 0 Å². The summed E-state index contributed by atoms with van der Waals surface area (Å²) < 4.78 is 24.9. The summed E-state index contributed by atoms with van der Waals surface area (Å²) in [4.78, 5) is 11.2. The van der Waals surface area contributed by atoms with Crippen molar-refractivity contribution in [3.8, 4) is 5.75 Å². The number of hydrogen-bond donors (Lipinski definition) is 2. The Bertz CT molecular complexity index is 1010. The van der Waals surface area contributed by atoms with Crippen molar-refractivity contribution in [2.45, 2.75) is 33.1 Å². The minimum absolute atomic E-state index is 0.228. The summed E-state index contributed by atoms with van der Waals surface area (Å²) in [6, 6.07) is 20.3. The van der Waals surface area contributed by atoms with Crippen LogP contribution in [0.2, 0.25) is 0 Å². The molecule has 5 nitrogen and oxygen atoms in total. The van der Waals surface area contributed by atoms with Crippen LogP contribution in [0.4, 0.5) is 14.9 Å². The lowest BCUT2D eigenvalue weighted by molar-refractivity contribution is 0.114. The molecular formula is C24H25FN2O3. The standard InChI is InChI=1S/C24H25FN2O3/c1-16-19(9-6-10-22(16)25)14-27-20-11-12-21(17(2)30-24(26)28)23(13-20)29-15-18-7-4-3-5-8-18/h3-13,17,27H,14-15H2,1-2H3,(H2,26,28). The van der Waals surface area contributed by atoms with E-state index in [9.17, 15) is 9.18 Å². The number of carbonyl (C=O) groups is 1. The van der Waals surface area contributed by atoms with Crippen LogP contribution in [0.5, 0.6) is 5.75 Å². The first-order valence-electron chi connectivity index (χ1n) is 9.68. The third-order valence-electron chi connectivity index (χ3n) is 4.84. The van der Waals surface area contributed by atoms with Gasteiger partial charge in [0.15, 0.2) is 0 Å². The summed E-state index contributed by atoms with van der Waals surface area (Å²) in [5, 5.41) is 3.30. The Hall–Kier alpha value is -3.54. The van der Waals surface area contributed by atoms with Crippen LogP contribution in [0, 0.1) is 12.7 Å². The Kier molecular flexibility index (Phi) is 6.91.